The predicted molar refractivity (Wildman–Crippen MR) is 47.2 cm³/mol. The second kappa shape index (κ2) is 8.49. The maximum absolute atomic E-state index is 5.06. The van der Waals surface area contributed by atoms with Crippen molar-refractivity contribution in [2.45, 2.75) is 26.6 Å². The van der Waals surface area contributed by atoms with E-state index in [1.165, 1.54) is 7.11 Å². The Balaban J connectivity index is 0.000000217. The van der Waals surface area contributed by atoms with Crippen molar-refractivity contribution < 1.29 is 14.3 Å². The third-order valence-corrected chi connectivity index (χ3v) is 1.20. The van der Waals surface area contributed by atoms with E-state index in [-0.39, 0.29) is 6.29 Å². The molecule has 12 heavy (non-hydrogen) atoms. The molecule has 1 fully saturated rings. The molecule has 0 spiro atoms. The minimum Gasteiger partial charge on any atom is -0.399 e. The standard InChI is InChI=1S/C5H10O2.C3H7NO/c1-5-6-3-2-4-7-5;1-3-4-5-2/h5H,2-4H2,1H3;3H,1-2H3/b;4-3+. The lowest BCUT2D eigenvalue weighted by atomic mass is 10.4. The Hall–Kier alpha value is -0.610. The normalized spacial score (nSPS) is 18.6. The van der Waals surface area contributed by atoms with Crippen molar-refractivity contribution in [2.24, 2.45) is 5.16 Å². The van der Waals surface area contributed by atoms with E-state index < -0.39 is 0 Å². The molecule has 0 aromatic rings. The highest BCUT2D eigenvalue weighted by Crippen LogP contribution is 2.01. The summed E-state index contributed by atoms with van der Waals surface area (Å²) in [5, 5.41) is 3.35. The fraction of sp³-hybridized carbons (Fsp3) is 0.875. The molecule has 0 radical (unpaired) electrons. The van der Waals surface area contributed by atoms with Gasteiger partial charge >= 0.3 is 0 Å². The van der Waals surface area contributed by atoms with Crippen LogP contribution < -0.4 is 0 Å². The SMILES string of the molecule is C/C=N/OC.CC1OCCCO1. The summed E-state index contributed by atoms with van der Waals surface area (Å²) in [6.07, 6.45) is 2.67. The van der Waals surface area contributed by atoms with Crippen LogP contribution in [-0.2, 0) is 14.3 Å². The molecule has 0 bridgehead atoms. The molecule has 4 nitrogen and oxygen atoms in total. The smallest absolute Gasteiger partial charge is 0.154 e. The Labute approximate surface area is 73.5 Å². The third kappa shape index (κ3) is 7.50. The molecule has 72 valence electrons. The summed E-state index contributed by atoms with van der Waals surface area (Å²) < 4.78 is 10.1. The van der Waals surface area contributed by atoms with Crippen LogP contribution in [0.5, 0.6) is 0 Å². The number of ether oxygens (including phenoxy) is 2. The Kier molecular flexibility index (Phi) is 8.05. The summed E-state index contributed by atoms with van der Waals surface area (Å²) in [7, 11) is 1.51. The van der Waals surface area contributed by atoms with E-state index in [0.717, 1.165) is 19.6 Å². The van der Waals surface area contributed by atoms with Crippen molar-refractivity contribution in [1.29, 1.82) is 0 Å². The van der Waals surface area contributed by atoms with Crippen LogP contribution in [0, 0.1) is 0 Å². The van der Waals surface area contributed by atoms with E-state index in [9.17, 15) is 0 Å². The minimum atomic E-state index is 0.0359. The van der Waals surface area contributed by atoms with Gasteiger partial charge in [0.25, 0.3) is 0 Å². The summed E-state index contributed by atoms with van der Waals surface area (Å²) in [6.45, 7) is 5.44. The Morgan fingerprint density at radius 1 is 1.42 bits per heavy atom. The molecular formula is C8H17NO3. The first-order valence-corrected chi connectivity index (χ1v) is 4.05. The van der Waals surface area contributed by atoms with Crippen molar-refractivity contribution in [3.63, 3.8) is 0 Å². The lowest BCUT2D eigenvalue weighted by molar-refractivity contribution is -0.167. The molecule has 4 heteroatoms. The Morgan fingerprint density at radius 2 is 2.00 bits per heavy atom. The van der Waals surface area contributed by atoms with Gasteiger partial charge in [-0.15, -0.1) is 5.16 Å². The highest BCUT2D eigenvalue weighted by molar-refractivity contribution is 5.52. The lowest BCUT2D eigenvalue weighted by Gasteiger charge is -2.18. The van der Waals surface area contributed by atoms with E-state index in [1.54, 1.807) is 13.1 Å². The second-order valence-electron chi connectivity index (χ2n) is 2.21. The first-order chi connectivity index (χ1) is 5.81. The van der Waals surface area contributed by atoms with Crippen LogP contribution in [0.2, 0.25) is 0 Å². The summed E-state index contributed by atoms with van der Waals surface area (Å²) in [6, 6.07) is 0. The summed E-state index contributed by atoms with van der Waals surface area (Å²) in [4.78, 5) is 4.26. The van der Waals surface area contributed by atoms with Crippen molar-refractivity contribution in [2.75, 3.05) is 20.3 Å². The Bertz CT molecular complexity index is 111. The largest absolute Gasteiger partial charge is 0.399 e. The zero-order valence-corrected chi connectivity index (χ0v) is 7.95. The maximum atomic E-state index is 5.06. The molecule has 1 aliphatic heterocycles. The van der Waals surface area contributed by atoms with Crippen LogP contribution in [0.25, 0.3) is 0 Å². The van der Waals surface area contributed by atoms with Crippen molar-refractivity contribution in [3.8, 4) is 0 Å². The van der Waals surface area contributed by atoms with Crippen molar-refractivity contribution in [1.82, 2.24) is 0 Å². The average Bonchev–Trinajstić information content (AvgIpc) is 2.08. The molecule has 1 aliphatic rings. The van der Waals surface area contributed by atoms with E-state index >= 15 is 0 Å². The second-order valence-corrected chi connectivity index (χ2v) is 2.21. The van der Waals surface area contributed by atoms with Crippen molar-refractivity contribution in [3.05, 3.63) is 0 Å². The number of nitrogens with zero attached hydrogens (tertiary/aromatic N) is 1. The number of hydrogen-bond acceptors (Lipinski definition) is 4. The molecule has 0 N–H and O–H groups in total. The van der Waals surface area contributed by atoms with Gasteiger partial charge in [-0.2, -0.15) is 0 Å². The molecule has 0 aromatic heterocycles. The van der Waals surface area contributed by atoms with Gasteiger partial charge in [-0.05, 0) is 20.3 Å². The monoisotopic (exact) mass is 175 g/mol. The van der Waals surface area contributed by atoms with Gasteiger partial charge in [0.2, 0.25) is 0 Å². The maximum Gasteiger partial charge on any atom is 0.154 e. The van der Waals surface area contributed by atoms with Gasteiger partial charge in [-0.3, -0.25) is 0 Å². The van der Waals surface area contributed by atoms with E-state index in [1.807, 2.05) is 6.92 Å². The predicted octanol–water partition coefficient (Wildman–Crippen LogP) is 1.41. The van der Waals surface area contributed by atoms with E-state index in [0.29, 0.717) is 0 Å². The fourth-order valence-electron chi connectivity index (χ4n) is 0.711. The Morgan fingerprint density at radius 3 is 2.17 bits per heavy atom. The topological polar surface area (TPSA) is 40.0 Å². The molecule has 0 aromatic carbocycles. The summed E-state index contributed by atoms with van der Waals surface area (Å²) >= 11 is 0. The lowest BCUT2D eigenvalue weighted by Crippen LogP contribution is -2.21. The van der Waals surface area contributed by atoms with Gasteiger partial charge in [0, 0.05) is 6.21 Å². The zero-order valence-electron chi connectivity index (χ0n) is 7.95. The van der Waals surface area contributed by atoms with E-state index in [4.69, 9.17) is 9.47 Å². The van der Waals surface area contributed by atoms with Gasteiger partial charge in [0.05, 0.1) is 13.2 Å². The van der Waals surface area contributed by atoms with Gasteiger partial charge in [-0.25, -0.2) is 0 Å². The zero-order chi connectivity index (χ0) is 9.23. The first kappa shape index (κ1) is 11.4. The highest BCUT2D eigenvalue weighted by Gasteiger charge is 2.05. The molecule has 1 heterocycles. The molecule has 1 rings (SSSR count). The van der Waals surface area contributed by atoms with Gasteiger partial charge in [-0.1, -0.05) is 0 Å². The van der Waals surface area contributed by atoms with Crippen LogP contribution >= 0.6 is 0 Å². The quantitative estimate of drug-likeness (QED) is 0.447. The fourth-order valence-corrected chi connectivity index (χ4v) is 0.711. The molecular weight excluding hydrogens is 158 g/mol. The third-order valence-electron chi connectivity index (χ3n) is 1.20. The summed E-state index contributed by atoms with van der Waals surface area (Å²) in [5.41, 5.74) is 0. The number of rotatable bonds is 1. The number of oxime groups is 1. The highest BCUT2D eigenvalue weighted by atomic mass is 16.7. The molecule has 0 atom stereocenters. The van der Waals surface area contributed by atoms with Crippen LogP contribution in [0.3, 0.4) is 0 Å². The average molecular weight is 175 g/mol. The van der Waals surface area contributed by atoms with Crippen molar-refractivity contribution >= 4 is 6.21 Å². The molecule has 0 saturated carbocycles. The first-order valence-electron chi connectivity index (χ1n) is 4.05. The van der Waals surface area contributed by atoms with Crippen LogP contribution in [0.4, 0.5) is 0 Å². The van der Waals surface area contributed by atoms with Gasteiger partial charge in [0.15, 0.2) is 6.29 Å². The van der Waals surface area contributed by atoms with Gasteiger partial charge < -0.3 is 14.3 Å². The molecule has 0 unspecified atom stereocenters. The van der Waals surface area contributed by atoms with Crippen LogP contribution in [-0.4, -0.2) is 32.8 Å². The molecule has 1 saturated heterocycles. The van der Waals surface area contributed by atoms with E-state index in [2.05, 4.69) is 9.99 Å². The van der Waals surface area contributed by atoms with Crippen LogP contribution in [0.1, 0.15) is 20.3 Å². The molecule has 0 aliphatic carbocycles. The van der Waals surface area contributed by atoms with Gasteiger partial charge in [0.1, 0.15) is 7.11 Å². The number of hydrogen-bond donors (Lipinski definition) is 0. The minimum absolute atomic E-state index is 0.0359. The van der Waals surface area contributed by atoms with Crippen LogP contribution in [0.15, 0.2) is 5.16 Å². The molecule has 0 amide bonds. The summed E-state index contributed by atoms with van der Waals surface area (Å²) in [5.74, 6) is 0.